The Morgan fingerprint density at radius 3 is 1.21 bits per heavy atom. The largest absolute Gasteiger partial charge is 0.467 e. The van der Waals surface area contributed by atoms with Crippen molar-refractivity contribution in [3.8, 4) is 0 Å². The molecule has 8 aliphatic rings. The third-order valence-corrected chi connectivity index (χ3v) is 21.5. The van der Waals surface area contributed by atoms with Crippen molar-refractivity contribution in [1.82, 2.24) is 25.8 Å². The highest BCUT2D eigenvalue weighted by molar-refractivity contribution is 5.95. The summed E-state index contributed by atoms with van der Waals surface area (Å²) in [6.07, 6.45) is 17.5. The number of alkyl carbamates (subject to hydrolysis) is 1. The van der Waals surface area contributed by atoms with Crippen molar-refractivity contribution in [2.75, 3.05) is 27.3 Å². The first-order valence-electron chi connectivity index (χ1n) is 28.9. The highest BCUT2D eigenvalue weighted by Gasteiger charge is 2.86. The molecule has 424 valence electrons. The number of ether oxygens (including phenoxy) is 3. The molecule has 75 heavy (non-hydrogen) atoms. The van der Waals surface area contributed by atoms with E-state index >= 15 is 0 Å². The number of likely N-dealkylation sites (tertiary alicyclic amines) is 2. The first-order valence-corrected chi connectivity index (χ1v) is 28.9. The van der Waals surface area contributed by atoms with Crippen LogP contribution in [0.25, 0.3) is 0 Å². The minimum atomic E-state index is -0.886. The number of amides is 5. The molecule has 16 nitrogen and oxygen atoms in total. The summed E-state index contributed by atoms with van der Waals surface area (Å²) in [6, 6.07) is -4.35. The summed E-state index contributed by atoms with van der Waals surface area (Å²) >= 11 is 0. The van der Waals surface area contributed by atoms with Crippen LogP contribution >= 0.6 is 0 Å². The lowest BCUT2D eigenvalue weighted by Crippen LogP contribution is -2.61. The van der Waals surface area contributed by atoms with Crippen LogP contribution in [0.1, 0.15) is 206 Å². The molecule has 8 atom stereocenters. The zero-order chi connectivity index (χ0) is 55.7. The van der Waals surface area contributed by atoms with Gasteiger partial charge in [-0.2, -0.15) is 0 Å². The maximum absolute atomic E-state index is 14.4. The lowest BCUT2D eigenvalue weighted by Gasteiger charge is -2.37. The summed E-state index contributed by atoms with van der Waals surface area (Å²) in [5.41, 5.74) is 4.81. The zero-order valence-electron chi connectivity index (χ0n) is 48.8. The standard InChI is InChI=1S/C32H53N3O6.C27H45N3O4/c1-28(2,3)23(34-24(36)22(20-14-11-10-12-15-20)33-27(39)41-29(4,5)6)25(37)35-19-32(18-21(35)26(38)40-9)30(7,8)31(32)16-13-17-31;1-24(2,3)20(29-21(31)19(28)17-11-8-7-9-12-17)22(32)30-16-27(15-18(30)23(33)34-6)25(4,5)26(27)13-10-14-26/h20-23H,10-19H2,1-9H3,(H,33,39)(H,34,36);17-20H,7-16,28H2,1-6H3,(H,29,31)/t21-,22-,23+,32+;18-,19-,20+,27+/m00/s1. The molecular weight excluding hydrogens is 953 g/mol. The summed E-state index contributed by atoms with van der Waals surface area (Å²) in [5.74, 6) is -1.76. The molecular formula is C59H98N6O10. The SMILES string of the molecule is COC(=O)[C@@H]1C[C@@]2(CN1C(=O)[C@@H](NC(=O)[C@@H](N)C1CCCCC1)C(C)(C)C)C(C)(C)C21CCC1.COC(=O)[C@@H]1C[C@@]2(CN1C(=O)[C@@H](NC(=O)[C@@H](NC(=O)OC(C)(C)C)C1CCCCC1)C(C)(C)C)C(C)(C)C21CCC1. The number of fused-ring (bicyclic) bond motifs is 2. The molecule has 2 heterocycles. The number of nitrogens with two attached hydrogens (primary N) is 1. The average Bonchev–Trinajstić information content (AvgIpc) is 3.62. The van der Waals surface area contributed by atoms with Gasteiger partial charge in [-0.15, -0.1) is 0 Å². The van der Waals surface area contributed by atoms with Crippen molar-refractivity contribution in [1.29, 1.82) is 0 Å². The molecule has 2 saturated heterocycles. The maximum Gasteiger partial charge on any atom is 0.408 e. The lowest BCUT2D eigenvalue weighted by atomic mass is 9.73. The fourth-order valence-corrected chi connectivity index (χ4v) is 16.5. The Bertz CT molecular complexity index is 2190. The van der Waals surface area contributed by atoms with Gasteiger partial charge in [-0.05, 0) is 129 Å². The number of esters is 2. The van der Waals surface area contributed by atoms with Crippen LogP contribution in [0.5, 0.6) is 0 Å². The summed E-state index contributed by atoms with van der Waals surface area (Å²) in [5, 5.41) is 8.89. The van der Waals surface area contributed by atoms with Gasteiger partial charge in [-0.3, -0.25) is 19.2 Å². The van der Waals surface area contributed by atoms with Crippen LogP contribution < -0.4 is 21.7 Å². The highest BCUT2D eigenvalue weighted by atomic mass is 16.6. The van der Waals surface area contributed by atoms with E-state index < -0.39 is 64.7 Å². The molecule has 5 N–H and O–H groups in total. The number of rotatable bonds is 11. The van der Waals surface area contributed by atoms with Crippen molar-refractivity contribution in [2.24, 2.45) is 60.9 Å². The first kappa shape index (κ1) is 58.7. The molecule has 4 spiro atoms. The van der Waals surface area contributed by atoms with Crippen molar-refractivity contribution in [2.45, 2.75) is 247 Å². The normalized spacial score (nSPS) is 29.9. The molecule has 0 aromatic rings. The molecule has 8 fully saturated rings. The molecule has 0 radical (unpaired) electrons. The van der Waals surface area contributed by atoms with E-state index in [1.807, 2.05) is 41.5 Å². The molecule has 6 aliphatic carbocycles. The van der Waals surface area contributed by atoms with Gasteiger partial charge in [-0.25, -0.2) is 14.4 Å². The number of nitrogens with one attached hydrogen (secondary N) is 3. The van der Waals surface area contributed by atoms with E-state index in [9.17, 15) is 33.6 Å². The maximum atomic E-state index is 14.4. The Morgan fingerprint density at radius 2 is 0.893 bits per heavy atom. The van der Waals surface area contributed by atoms with Crippen LogP contribution in [0, 0.1) is 55.2 Å². The Kier molecular flexibility index (Phi) is 16.2. The fraction of sp³-hybridized carbons (Fsp3) is 0.881. The van der Waals surface area contributed by atoms with Crippen molar-refractivity contribution >= 4 is 41.7 Å². The molecule has 6 saturated carbocycles. The topological polar surface area (TPSA) is 216 Å². The summed E-state index contributed by atoms with van der Waals surface area (Å²) < 4.78 is 15.8. The van der Waals surface area contributed by atoms with Crippen LogP contribution in [0.2, 0.25) is 0 Å². The van der Waals surface area contributed by atoms with Crippen LogP contribution in [-0.2, 0) is 43.0 Å². The van der Waals surface area contributed by atoms with Gasteiger partial charge in [0.05, 0.1) is 20.3 Å². The number of methoxy groups -OCH3 is 2. The first-order chi connectivity index (χ1) is 34.7. The van der Waals surface area contributed by atoms with Gasteiger partial charge in [0.1, 0.15) is 35.8 Å². The minimum absolute atomic E-state index is 0.0312. The van der Waals surface area contributed by atoms with Gasteiger partial charge in [0, 0.05) is 23.9 Å². The van der Waals surface area contributed by atoms with Crippen molar-refractivity contribution < 1.29 is 47.8 Å². The van der Waals surface area contributed by atoms with Crippen molar-refractivity contribution in [3.63, 3.8) is 0 Å². The van der Waals surface area contributed by atoms with Crippen LogP contribution in [0.15, 0.2) is 0 Å². The van der Waals surface area contributed by atoms with Gasteiger partial charge < -0.3 is 45.7 Å². The van der Waals surface area contributed by atoms with Crippen LogP contribution in [0.4, 0.5) is 4.79 Å². The van der Waals surface area contributed by atoms with E-state index in [0.29, 0.717) is 25.9 Å². The van der Waals surface area contributed by atoms with Gasteiger partial charge in [0.15, 0.2) is 0 Å². The lowest BCUT2D eigenvalue weighted by molar-refractivity contribution is -0.153. The summed E-state index contributed by atoms with van der Waals surface area (Å²) in [6.45, 7) is 27.1. The Balaban J connectivity index is 0.000000222. The predicted octanol–water partition coefficient (Wildman–Crippen LogP) is 8.36. The van der Waals surface area contributed by atoms with E-state index in [0.717, 1.165) is 83.5 Å². The van der Waals surface area contributed by atoms with Gasteiger partial charge in [-0.1, -0.05) is 121 Å². The third-order valence-electron chi connectivity index (χ3n) is 21.5. The average molecular weight is 1050 g/mol. The molecule has 0 aromatic heterocycles. The smallest absolute Gasteiger partial charge is 0.408 e. The molecule has 0 aromatic carbocycles. The number of carbonyl (C=O) groups excluding carboxylic acids is 7. The van der Waals surface area contributed by atoms with E-state index in [1.54, 1.807) is 30.6 Å². The summed E-state index contributed by atoms with van der Waals surface area (Å²) in [7, 11) is 2.76. The van der Waals surface area contributed by atoms with Crippen molar-refractivity contribution in [3.05, 3.63) is 0 Å². The van der Waals surface area contributed by atoms with E-state index in [1.165, 1.54) is 33.5 Å². The van der Waals surface area contributed by atoms with Gasteiger partial charge in [0.2, 0.25) is 23.6 Å². The molecule has 2 aliphatic heterocycles. The van der Waals surface area contributed by atoms with Crippen LogP contribution in [0.3, 0.4) is 0 Å². The fourth-order valence-electron chi connectivity index (χ4n) is 16.5. The zero-order valence-corrected chi connectivity index (χ0v) is 48.8. The Labute approximate surface area is 449 Å². The van der Waals surface area contributed by atoms with Gasteiger partial charge in [0.25, 0.3) is 0 Å². The molecule has 16 heteroatoms. The molecule has 0 unspecified atom stereocenters. The van der Waals surface area contributed by atoms with Gasteiger partial charge >= 0.3 is 18.0 Å². The predicted molar refractivity (Wildman–Crippen MR) is 286 cm³/mol. The third kappa shape index (κ3) is 10.1. The summed E-state index contributed by atoms with van der Waals surface area (Å²) in [4.78, 5) is 97.7. The van der Waals surface area contributed by atoms with E-state index in [2.05, 4.69) is 43.6 Å². The Hall–Kier alpha value is -3.95. The monoisotopic (exact) mass is 1050 g/mol. The number of carbonyl (C=O) groups is 7. The number of nitrogens with zero attached hydrogens (tertiary/aromatic N) is 2. The molecule has 0 bridgehead atoms. The number of hydrogen-bond acceptors (Lipinski definition) is 11. The Morgan fingerprint density at radius 1 is 0.520 bits per heavy atom. The minimum Gasteiger partial charge on any atom is -0.467 e. The quantitative estimate of drug-likeness (QED) is 0.114. The highest BCUT2D eigenvalue weighted by Crippen LogP contribution is 2.89. The second-order valence-electron chi connectivity index (χ2n) is 28.8. The molecule has 8 rings (SSSR count). The van der Waals surface area contributed by atoms with Crippen LogP contribution in [-0.4, -0.2) is 121 Å². The van der Waals surface area contributed by atoms with E-state index in [4.69, 9.17) is 19.9 Å². The second kappa shape index (κ2) is 20.7. The second-order valence-corrected chi connectivity index (χ2v) is 28.8. The van der Waals surface area contributed by atoms with E-state index in [-0.39, 0.29) is 73.9 Å². The molecule has 5 amide bonds. The number of hydrogen-bond donors (Lipinski definition) is 4.